The van der Waals surface area contributed by atoms with E-state index in [0.717, 1.165) is 38.4 Å². The first-order chi connectivity index (χ1) is 11.1. The lowest BCUT2D eigenvalue weighted by molar-refractivity contribution is -0.921. The number of quaternary nitrogens is 1. The maximum atomic E-state index is 10.3. The molecule has 1 heterocycles. The predicted octanol–water partition coefficient (Wildman–Crippen LogP) is 2.13. The number of hydrogen-bond donors (Lipinski definition) is 2. The molecular formula is C20H26NO2+. The van der Waals surface area contributed by atoms with E-state index in [4.69, 9.17) is 4.74 Å². The minimum Gasteiger partial charge on any atom is -0.507 e. The Hall–Kier alpha value is -1.84. The fourth-order valence-corrected chi connectivity index (χ4v) is 3.24. The highest BCUT2D eigenvalue weighted by Crippen LogP contribution is 2.33. The number of phenols is 1. The zero-order chi connectivity index (χ0) is 16.3. The van der Waals surface area contributed by atoms with Crippen LogP contribution in [0.2, 0.25) is 0 Å². The van der Waals surface area contributed by atoms with Gasteiger partial charge in [-0.2, -0.15) is 0 Å². The monoisotopic (exact) mass is 312 g/mol. The van der Waals surface area contributed by atoms with Gasteiger partial charge in [0.1, 0.15) is 25.4 Å². The summed E-state index contributed by atoms with van der Waals surface area (Å²) >= 11 is 0. The van der Waals surface area contributed by atoms with Crippen molar-refractivity contribution in [2.75, 3.05) is 26.3 Å². The molecule has 0 unspecified atom stereocenters. The fourth-order valence-electron chi connectivity index (χ4n) is 3.24. The summed E-state index contributed by atoms with van der Waals surface area (Å²) in [5, 5.41) is 10.3. The van der Waals surface area contributed by atoms with Gasteiger partial charge in [-0.25, -0.2) is 0 Å². The summed E-state index contributed by atoms with van der Waals surface area (Å²) in [6.45, 7) is 8.96. The van der Waals surface area contributed by atoms with Gasteiger partial charge in [-0.15, -0.1) is 0 Å². The van der Waals surface area contributed by atoms with Crippen LogP contribution in [0.3, 0.4) is 0 Å². The van der Waals surface area contributed by atoms with Gasteiger partial charge < -0.3 is 14.7 Å². The highest BCUT2D eigenvalue weighted by molar-refractivity contribution is 5.43. The number of aromatic hydroxyl groups is 1. The van der Waals surface area contributed by atoms with Gasteiger partial charge in [0, 0.05) is 11.0 Å². The lowest BCUT2D eigenvalue weighted by Crippen LogP contribution is -3.12. The maximum Gasteiger partial charge on any atom is 0.124 e. The van der Waals surface area contributed by atoms with Crippen molar-refractivity contribution < 1.29 is 14.7 Å². The molecule has 3 nitrogen and oxygen atoms in total. The third-order valence-electron chi connectivity index (χ3n) is 4.94. The van der Waals surface area contributed by atoms with Crippen LogP contribution in [0.1, 0.15) is 30.5 Å². The minimum absolute atomic E-state index is 0.0793. The highest BCUT2D eigenvalue weighted by atomic mass is 16.5. The molecular weight excluding hydrogens is 286 g/mol. The summed E-state index contributed by atoms with van der Waals surface area (Å²) in [4.78, 5) is 1.47. The van der Waals surface area contributed by atoms with Crippen molar-refractivity contribution in [1.29, 1.82) is 0 Å². The Morgan fingerprint density at radius 1 is 1.00 bits per heavy atom. The van der Waals surface area contributed by atoms with E-state index < -0.39 is 0 Å². The van der Waals surface area contributed by atoms with Crippen LogP contribution in [0.5, 0.6) is 5.75 Å². The molecule has 2 N–H and O–H groups in total. The van der Waals surface area contributed by atoms with Crippen molar-refractivity contribution in [3.05, 3.63) is 65.2 Å². The Morgan fingerprint density at radius 2 is 1.70 bits per heavy atom. The van der Waals surface area contributed by atoms with E-state index in [2.05, 4.69) is 44.2 Å². The van der Waals surface area contributed by atoms with Crippen LogP contribution in [0.15, 0.2) is 48.5 Å². The molecule has 1 aliphatic rings. The molecule has 0 aliphatic carbocycles. The second-order valence-electron chi connectivity index (χ2n) is 6.87. The maximum absolute atomic E-state index is 10.3. The number of rotatable bonds is 4. The molecule has 122 valence electrons. The van der Waals surface area contributed by atoms with Crippen LogP contribution < -0.4 is 4.90 Å². The summed E-state index contributed by atoms with van der Waals surface area (Å²) in [7, 11) is 0. The Kier molecular flexibility index (Phi) is 4.69. The lowest BCUT2D eigenvalue weighted by Gasteiger charge is -2.28. The molecule has 3 heteroatoms. The van der Waals surface area contributed by atoms with E-state index >= 15 is 0 Å². The number of morpholine rings is 1. The molecule has 1 saturated heterocycles. The van der Waals surface area contributed by atoms with Crippen molar-refractivity contribution in [3.63, 3.8) is 0 Å². The quantitative estimate of drug-likeness (QED) is 0.907. The molecule has 3 rings (SSSR count). The number of benzene rings is 2. The second kappa shape index (κ2) is 6.73. The molecule has 0 saturated carbocycles. The Labute approximate surface area is 138 Å². The van der Waals surface area contributed by atoms with Gasteiger partial charge in [0.15, 0.2) is 0 Å². The van der Waals surface area contributed by atoms with Crippen LogP contribution in [0.25, 0.3) is 0 Å². The summed E-state index contributed by atoms with van der Waals surface area (Å²) in [6, 6.07) is 16.6. The number of hydrogen-bond acceptors (Lipinski definition) is 2. The van der Waals surface area contributed by atoms with Crippen molar-refractivity contribution in [3.8, 4) is 5.75 Å². The molecule has 0 bridgehead atoms. The molecule has 2 aromatic carbocycles. The number of ether oxygens (including phenoxy) is 1. The Balaban J connectivity index is 1.87. The van der Waals surface area contributed by atoms with Gasteiger partial charge in [-0.3, -0.25) is 0 Å². The predicted molar refractivity (Wildman–Crippen MR) is 91.9 cm³/mol. The standard InChI is InChI=1S/C20H25NO2/c1-20(2,17-6-4-3-5-7-17)18-8-9-19(22)16(14-18)15-21-10-12-23-13-11-21/h3-9,14,22H,10-13,15H2,1-2H3/p+1. The largest absolute Gasteiger partial charge is 0.507 e. The summed E-state index contributed by atoms with van der Waals surface area (Å²) in [5.41, 5.74) is 3.48. The van der Waals surface area contributed by atoms with Gasteiger partial charge in [0.25, 0.3) is 0 Å². The SMILES string of the molecule is CC(C)(c1ccccc1)c1ccc(O)c(C[NH+]2CCOCC2)c1. The summed E-state index contributed by atoms with van der Waals surface area (Å²) in [6.07, 6.45) is 0. The molecule has 1 aliphatic heterocycles. The highest BCUT2D eigenvalue weighted by Gasteiger charge is 2.25. The van der Waals surface area contributed by atoms with Crippen molar-refractivity contribution >= 4 is 0 Å². The average molecular weight is 312 g/mol. The van der Waals surface area contributed by atoms with E-state index in [1.807, 2.05) is 18.2 Å². The molecule has 0 radical (unpaired) electrons. The van der Waals surface area contributed by atoms with Crippen LogP contribution in [0.4, 0.5) is 0 Å². The zero-order valence-corrected chi connectivity index (χ0v) is 14.0. The first kappa shape index (κ1) is 16.0. The third kappa shape index (κ3) is 3.57. The topological polar surface area (TPSA) is 33.9 Å². The molecule has 0 amide bonds. The molecule has 1 fully saturated rings. The van der Waals surface area contributed by atoms with E-state index in [-0.39, 0.29) is 5.41 Å². The molecule has 0 spiro atoms. The number of nitrogens with one attached hydrogen (secondary N) is 1. The van der Waals surface area contributed by atoms with Crippen molar-refractivity contribution in [2.24, 2.45) is 0 Å². The molecule has 23 heavy (non-hydrogen) atoms. The third-order valence-corrected chi connectivity index (χ3v) is 4.94. The second-order valence-corrected chi connectivity index (χ2v) is 6.87. The molecule has 2 aromatic rings. The minimum atomic E-state index is -0.0793. The zero-order valence-electron chi connectivity index (χ0n) is 14.0. The van der Waals surface area contributed by atoms with E-state index in [1.165, 1.54) is 16.0 Å². The number of phenolic OH excluding ortho intramolecular Hbond substituents is 1. The fraction of sp³-hybridized carbons (Fsp3) is 0.400. The van der Waals surface area contributed by atoms with Gasteiger partial charge in [-0.05, 0) is 23.3 Å². The van der Waals surface area contributed by atoms with Gasteiger partial charge >= 0.3 is 0 Å². The summed E-state index contributed by atoms with van der Waals surface area (Å²) in [5.74, 6) is 0.400. The van der Waals surface area contributed by atoms with Gasteiger partial charge in [0.05, 0.1) is 13.2 Å². The first-order valence-corrected chi connectivity index (χ1v) is 8.36. The van der Waals surface area contributed by atoms with E-state index in [1.54, 1.807) is 0 Å². The van der Waals surface area contributed by atoms with Crippen molar-refractivity contribution in [2.45, 2.75) is 25.8 Å². The smallest absolute Gasteiger partial charge is 0.124 e. The van der Waals surface area contributed by atoms with Crippen molar-refractivity contribution in [1.82, 2.24) is 0 Å². The van der Waals surface area contributed by atoms with Crippen LogP contribution in [0, 0.1) is 0 Å². The average Bonchev–Trinajstić information content (AvgIpc) is 2.58. The lowest BCUT2D eigenvalue weighted by atomic mass is 9.77. The van der Waals surface area contributed by atoms with Gasteiger partial charge in [0.2, 0.25) is 0 Å². The molecule has 0 aromatic heterocycles. The van der Waals surface area contributed by atoms with Gasteiger partial charge in [-0.1, -0.05) is 50.2 Å². The van der Waals surface area contributed by atoms with E-state index in [9.17, 15) is 5.11 Å². The summed E-state index contributed by atoms with van der Waals surface area (Å²) < 4.78 is 5.42. The van der Waals surface area contributed by atoms with Crippen LogP contribution in [-0.2, 0) is 16.7 Å². The Bertz CT molecular complexity index is 646. The molecule has 0 atom stereocenters. The van der Waals surface area contributed by atoms with Crippen LogP contribution >= 0.6 is 0 Å². The van der Waals surface area contributed by atoms with Crippen LogP contribution in [-0.4, -0.2) is 31.4 Å². The Morgan fingerprint density at radius 3 is 2.39 bits per heavy atom. The normalized spacial score (nSPS) is 16.4. The first-order valence-electron chi connectivity index (χ1n) is 8.36. The van der Waals surface area contributed by atoms with E-state index in [0.29, 0.717) is 5.75 Å².